The summed E-state index contributed by atoms with van der Waals surface area (Å²) in [5, 5.41) is 0. The van der Waals surface area contributed by atoms with Crippen molar-refractivity contribution < 1.29 is 22.3 Å². The van der Waals surface area contributed by atoms with Crippen molar-refractivity contribution in [3.05, 3.63) is 47.8 Å². The number of rotatable bonds is 3. The molecule has 0 fully saturated rings. The highest BCUT2D eigenvalue weighted by atomic mass is 32.2. The van der Waals surface area contributed by atoms with Crippen LogP contribution in [0.4, 0.5) is 10.1 Å². The summed E-state index contributed by atoms with van der Waals surface area (Å²) in [4.78, 5) is 0.0560. The number of halogens is 1. The second-order valence-corrected chi connectivity index (χ2v) is 6.55. The fourth-order valence-corrected chi connectivity index (χ4v) is 3.28. The minimum absolute atomic E-state index is 0.0560. The first-order valence-electron chi connectivity index (χ1n) is 6.64. The van der Waals surface area contributed by atoms with Gasteiger partial charge in [0.2, 0.25) is 0 Å². The van der Waals surface area contributed by atoms with Crippen molar-refractivity contribution >= 4 is 15.7 Å². The molecule has 0 saturated heterocycles. The zero-order chi connectivity index (χ0) is 15.7. The van der Waals surface area contributed by atoms with E-state index in [1.807, 2.05) is 0 Å². The maximum absolute atomic E-state index is 13.1. The minimum Gasteiger partial charge on any atom is -0.486 e. The molecule has 5 nitrogen and oxygen atoms in total. The lowest BCUT2D eigenvalue weighted by molar-refractivity contribution is 0.171. The quantitative estimate of drug-likeness (QED) is 0.943. The fraction of sp³-hybridized carbons (Fsp3) is 0.200. The molecule has 0 radical (unpaired) electrons. The summed E-state index contributed by atoms with van der Waals surface area (Å²) in [7, 11) is -3.79. The van der Waals surface area contributed by atoms with Crippen LogP contribution in [0.2, 0.25) is 0 Å². The highest BCUT2D eigenvalue weighted by Crippen LogP contribution is 2.33. The molecule has 22 heavy (non-hydrogen) atoms. The van der Waals surface area contributed by atoms with Gasteiger partial charge in [0, 0.05) is 6.07 Å². The van der Waals surface area contributed by atoms with Crippen molar-refractivity contribution in [1.29, 1.82) is 0 Å². The van der Waals surface area contributed by atoms with Crippen LogP contribution in [0, 0.1) is 12.7 Å². The first kappa shape index (κ1) is 14.6. The summed E-state index contributed by atoms with van der Waals surface area (Å²) >= 11 is 0. The van der Waals surface area contributed by atoms with Gasteiger partial charge in [-0.25, -0.2) is 12.8 Å². The molecule has 1 aliphatic rings. The SMILES string of the molecule is Cc1cc(F)ccc1NS(=O)(=O)c1ccc2c(c1)OCCO2. The Kier molecular flexibility index (Phi) is 3.66. The molecule has 0 bridgehead atoms. The van der Waals surface area contributed by atoms with E-state index in [-0.39, 0.29) is 4.90 Å². The Morgan fingerprint density at radius 2 is 1.77 bits per heavy atom. The molecular weight excluding hydrogens is 309 g/mol. The molecule has 0 aliphatic carbocycles. The summed E-state index contributed by atoms with van der Waals surface area (Å²) in [6.07, 6.45) is 0. The molecule has 7 heteroatoms. The molecule has 0 unspecified atom stereocenters. The molecule has 2 aromatic rings. The number of sulfonamides is 1. The molecule has 0 saturated carbocycles. The number of hydrogen-bond acceptors (Lipinski definition) is 4. The zero-order valence-corrected chi connectivity index (χ0v) is 12.6. The van der Waals surface area contributed by atoms with Gasteiger partial charge >= 0.3 is 0 Å². The van der Waals surface area contributed by atoms with Crippen molar-refractivity contribution in [3.63, 3.8) is 0 Å². The number of hydrogen-bond donors (Lipinski definition) is 1. The van der Waals surface area contributed by atoms with Gasteiger partial charge in [0.05, 0.1) is 10.6 Å². The van der Waals surface area contributed by atoms with Crippen LogP contribution in [0.3, 0.4) is 0 Å². The van der Waals surface area contributed by atoms with Crippen LogP contribution >= 0.6 is 0 Å². The van der Waals surface area contributed by atoms with Gasteiger partial charge in [-0.1, -0.05) is 0 Å². The van der Waals surface area contributed by atoms with Crippen LogP contribution in [0.15, 0.2) is 41.3 Å². The summed E-state index contributed by atoms with van der Waals surface area (Å²) in [6.45, 7) is 2.44. The molecule has 1 heterocycles. The lowest BCUT2D eigenvalue weighted by Gasteiger charge is -2.19. The predicted molar refractivity (Wildman–Crippen MR) is 79.4 cm³/mol. The standard InChI is InChI=1S/C15H14FNO4S/c1-10-8-11(16)2-4-13(10)17-22(18,19)12-3-5-14-15(9-12)21-7-6-20-14/h2-5,8-9,17H,6-7H2,1H3. The number of benzene rings is 2. The first-order valence-corrected chi connectivity index (χ1v) is 8.13. The van der Waals surface area contributed by atoms with Gasteiger partial charge in [0.15, 0.2) is 11.5 Å². The van der Waals surface area contributed by atoms with Gasteiger partial charge in [-0.05, 0) is 42.8 Å². The van der Waals surface area contributed by atoms with Crippen LogP contribution < -0.4 is 14.2 Å². The Hall–Kier alpha value is -2.28. The second kappa shape index (κ2) is 5.49. The van der Waals surface area contributed by atoms with Crippen LogP contribution in [0.1, 0.15) is 5.56 Å². The van der Waals surface area contributed by atoms with Crippen molar-refractivity contribution in [2.75, 3.05) is 17.9 Å². The molecule has 0 spiro atoms. The fourth-order valence-electron chi connectivity index (χ4n) is 2.14. The van der Waals surface area contributed by atoms with E-state index in [2.05, 4.69) is 4.72 Å². The first-order chi connectivity index (χ1) is 10.5. The van der Waals surface area contributed by atoms with Crippen LogP contribution in [-0.4, -0.2) is 21.6 Å². The Morgan fingerprint density at radius 3 is 2.50 bits per heavy atom. The lowest BCUT2D eigenvalue weighted by Crippen LogP contribution is -2.17. The highest BCUT2D eigenvalue weighted by molar-refractivity contribution is 7.92. The average molecular weight is 323 g/mol. The summed E-state index contributed by atoms with van der Waals surface area (Å²) in [5.41, 5.74) is 0.831. The summed E-state index contributed by atoms with van der Waals surface area (Å²) in [6, 6.07) is 8.27. The monoisotopic (exact) mass is 323 g/mol. The third kappa shape index (κ3) is 2.85. The summed E-state index contributed by atoms with van der Waals surface area (Å²) < 4.78 is 51.1. The molecule has 116 valence electrons. The van der Waals surface area contributed by atoms with Crippen molar-refractivity contribution in [1.82, 2.24) is 0 Å². The normalized spacial score (nSPS) is 13.7. The Bertz CT molecular complexity index is 820. The van der Waals surface area contributed by atoms with Gasteiger partial charge in [-0.2, -0.15) is 0 Å². The van der Waals surface area contributed by atoms with Crippen LogP contribution in [0.25, 0.3) is 0 Å². The smallest absolute Gasteiger partial charge is 0.262 e. The largest absolute Gasteiger partial charge is 0.486 e. The maximum Gasteiger partial charge on any atom is 0.262 e. The third-order valence-electron chi connectivity index (χ3n) is 3.26. The van der Waals surface area contributed by atoms with Gasteiger partial charge in [0.1, 0.15) is 19.0 Å². The van der Waals surface area contributed by atoms with Crippen LogP contribution in [-0.2, 0) is 10.0 Å². The Morgan fingerprint density at radius 1 is 1.05 bits per heavy atom. The molecule has 0 atom stereocenters. The lowest BCUT2D eigenvalue weighted by atomic mass is 10.2. The van der Waals surface area contributed by atoms with E-state index >= 15 is 0 Å². The Balaban J connectivity index is 1.92. The van der Waals surface area contributed by atoms with E-state index in [9.17, 15) is 12.8 Å². The van der Waals surface area contributed by atoms with Crippen molar-refractivity contribution in [3.8, 4) is 11.5 Å². The third-order valence-corrected chi connectivity index (χ3v) is 4.62. The van der Waals surface area contributed by atoms with E-state index in [0.717, 1.165) is 0 Å². The van der Waals surface area contributed by atoms with E-state index in [1.165, 1.54) is 30.3 Å². The number of fused-ring (bicyclic) bond motifs is 1. The molecule has 2 aromatic carbocycles. The van der Waals surface area contributed by atoms with Gasteiger partial charge in [-0.15, -0.1) is 0 Å². The average Bonchev–Trinajstić information content (AvgIpc) is 2.49. The molecular formula is C15H14FNO4S. The molecule has 1 aliphatic heterocycles. The van der Waals surface area contributed by atoms with E-state index in [4.69, 9.17) is 9.47 Å². The van der Waals surface area contributed by atoms with E-state index < -0.39 is 15.8 Å². The number of nitrogens with one attached hydrogen (secondary N) is 1. The molecule has 0 aromatic heterocycles. The maximum atomic E-state index is 13.1. The molecule has 1 N–H and O–H groups in total. The van der Waals surface area contributed by atoms with E-state index in [0.29, 0.717) is 36.0 Å². The molecule has 0 amide bonds. The summed E-state index contributed by atoms with van der Waals surface area (Å²) in [5.74, 6) is 0.493. The van der Waals surface area contributed by atoms with Gasteiger partial charge < -0.3 is 9.47 Å². The van der Waals surface area contributed by atoms with Crippen molar-refractivity contribution in [2.24, 2.45) is 0 Å². The zero-order valence-electron chi connectivity index (χ0n) is 11.8. The topological polar surface area (TPSA) is 64.6 Å². The number of anilines is 1. The number of aryl methyl sites for hydroxylation is 1. The Labute approximate surface area is 127 Å². The minimum atomic E-state index is -3.79. The van der Waals surface area contributed by atoms with Gasteiger partial charge in [-0.3, -0.25) is 4.72 Å². The second-order valence-electron chi connectivity index (χ2n) is 4.87. The highest BCUT2D eigenvalue weighted by Gasteiger charge is 2.20. The predicted octanol–water partition coefficient (Wildman–Crippen LogP) is 2.71. The molecule has 3 rings (SSSR count). The van der Waals surface area contributed by atoms with Crippen LogP contribution in [0.5, 0.6) is 11.5 Å². The van der Waals surface area contributed by atoms with Gasteiger partial charge in [0.25, 0.3) is 10.0 Å². The number of ether oxygens (including phenoxy) is 2. The van der Waals surface area contributed by atoms with E-state index in [1.54, 1.807) is 13.0 Å². The van der Waals surface area contributed by atoms with Crippen molar-refractivity contribution in [2.45, 2.75) is 11.8 Å².